The number of amides is 1. The van der Waals surface area contributed by atoms with Crippen LogP contribution >= 0.6 is 11.8 Å². The van der Waals surface area contributed by atoms with Crippen molar-refractivity contribution in [3.8, 4) is 0 Å². The average molecular weight is 372 g/mol. The van der Waals surface area contributed by atoms with Crippen LogP contribution in [0.15, 0.2) is 0 Å². The molecule has 2 saturated carbocycles. The Hall–Kier alpha value is -0.870. The van der Waals surface area contributed by atoms with Crippen LogP contribution in [0.25, 0.3) is 0 Å². The largest absolute Gasteiger partial charge is 0.481 e. The molecular weight excluding hydrogens is 342 g/mol. The summed E-state index contributed by atoms with van der Waals surface area (Å²) in [7, 11) is 0. The summed E-state index contributed by atoms with van der Waals surface area (Å²) in [6, 6.07) is 0.619. The molecule has 1 atom stereocenters. The predicted molar refractivity (Wildman–Crippen MR) is 95.9 cm³/mol. The van der Waals surface area contributed by atoms with Crippen LogP contribution in [0.3, 0.4) is 0 Å². The summed E-state index contributed by atoms with van der Waals surface area (Å²) in [5.41, 5.74) is 9.10. The molecule has 3 rings (SSSR count). The Bertz CT molecular complexity index is 467. The van der Waals surface area contributed by atoms with E-state index in [0.717, 1.165) is 25.7 Å². The Morgan fingerprint density at radius 3 is 2.48 bits per heavy atom. The minimum absolute atomic E-state index is 0.0384. The standard InChI is InChI=1S/C16H29N5O3S/c22-14(17-12-4-2-1-3-5-12)10-25-16-18-19-20-21(16)13-8-6-11(7-9-13)15(23)24/h11-13,16,18-20H,1-10H2,(H,17,22)(H,23,24). The molecule has 1 unspecified atom stereocenters. The van der Waals surface area contributed by atoms with Gasteiger partial charge in [-0.2, -0.15) is 16.1 Å². The lowest BCUT2D eigenvalue weighted by atomic mass is 9.86. The highest BCUT2D eigenvalue weighted by molar-refractivity contribution is 8.00. The van der Waals surface area contributed by atoms with Crippen LogP contribution in [0.4, 0.5) is 0 Å². The van der Waals surface area contributed by atoms with Gasteiger partial charge in [0.2, 0.25) is 5.91 Å². The predicted octanol–water partition coefficient (Wildman–Crippen LogP) is 0.925. The highest BCUT2D eigenvalue weighted by Gasteiger charge is 2.35. The van der Waals surface area contributed by atoms with Gasteiger partial charge in [0.05, 0.1) is 11.7 Å². The molecule has 1 aliphatic heterocycles. The number of carbonyl (C=O) groups excluding carboxylic acids is 1. The van der Waals surface area contributed by atoms with Crippen LogP contribution < -0.4 is 21.8 Å². The van der Waals surface area contributed by atoms with Gasteiger partial charge in [-0.05, 0) is 38.5 Å². The van der Waals surface area contributed by atoms with E-state index in [9.17, 15) is 9.59 Å². The van der Waals surface area contributed by atoms with Crippen LogP contribution in [-0.4, -0.2) is 45.3 Å². The first-order valence-corrected chi connectivity index (χ1v) is 10.4. The molecule has 8 nitrogen and oxygen atoms in total. The molecule has 5 N–H and O–H groups in total. The van der Waals surface area contributed by atoms with E-state index in [2.05, 4.69) is 26.8 Å². The number of hydrazine groups is 3. The molecule has 0 aromatic heterocycles. The van der Waals surface area contributed by atoms with Gasteiger partial charge < -0.3 is 10.4 Å². The zero-order chi connectivity index (χ0) is 17.6. The third-order valence-electron chi connectivity index (χ3n) is 5.42. The van der Waals surface area contributed by atoms with E-state index in [1.54, 1.807) is 11.8 Å². The maximum Gasteiger partial charge on any atom is 0.306 e. The molecule has 1 saturated heterocycles. The smallest absolute Gasteiger partial charge is 0.306 e. The first kappa shape index (κ1) is 18.9. The maximum absolute atomic E-state index is 12.2. The van der Waals surface area contributed by atoms with E-state index < -0.39 is 5.97 Å². The lowest BCUT2D eigenvalue weighted by Gasteiger charge is -2.34. The molecule has 0 aromatic rings. The third-order valence-corrected chi connectivity index (χ3v) is 6.50. The highest BCUT2D eigenvalue weighted by Crippen LogP contribution is 2.30. The summed E-state index contributed by atoms with van der Waals surface area (Å²) >= 11 is 1.55. The summed E-state index contributed by atoms with van der Waals surface area (Å²) < 4.78 is 0. The minimum atomic E-state index is -0.686. The lowest BCUT2D eigenvalue weighted by Crippen LogP contribution is -2.48. The number of aliphatic carboxylic acids is 1. The Labute approximate surface area is 152 Å². The van der Waals surface area contributed by atoms with Crippen molar-refractivity contribution in [1.29, 1.82) is 0 Å². The van der Waals surface area contributed by atoms with Crippen molar-refractivity contribution in [2.75, 3.05) is 5.75 Å². The van der Waals surface area contributed by atoms with Gasteiger partial charge in [-0.3, -0.25) is 9.59 Å². The van der Waals surface area contributed by atoms with Crippen LogP contribution in [0.1, 0.15) is 57.8 Å². The van der Waals surface area contributed by atoms with Crippen LogP contribution in [-0.2, 0) is 9.59 Å². The van der Waals surface area contributed by atoms with Crippen molar-refractivity contribution in [1.82, 2.24) is 26.8 Å². The number of thioether (sulfide) groups is 1. The first-order chi connectivity index (χ1) is 12.1. The van der Waals surface area contributed by atoms with Gasteiger partial charge in [0.1, 0.15) is 5.50 Å². The second kappa shape index (κ2) is 9.18. The Balaban J connectivity index is 1.41. The molecule has 142 valence electrons. The SMILES string of the molecule is O=C(CSC1NNNN1C1CCC(C(=O)O)CC1)NC1CCCCC1. The molecule has 3 aliphatic rings. The first-order valence-electron chi connectivity index (χ1n) is 9.32. The number of nitrogens with zero attached hydrogens (tertiary/aromatic N) is 1. The summed E-state index contributed by atoms with van der Waals surface area (Å²) in [6.07, 6.45) is 9.00. The molecule has 2 aliphatic carbocycles. The summed E-state index contributed by atoms with van der Waals surface area (Å²) in [5, 5.41) is 14.3. The van der Waals surface area contributed by atoms with Gasteiger partial charge >= 0.3 is 5.97 Å². The summed E-state index contributed by atoms with van der Waals surface area (Å²) in [5.74, 6) is -0.389. The maximum atomic E-state index is 12.2. The molecule has 1 amide bonds. The fraction of sp³-hybridized carbons (Fsp3) is 0.875. The van der Waals surface area contributed by atoms with E-state index in [-0.39, 0.29) is 23.4 Å². The van der Waals surface area contributed by atoms with Crippen molar-refractivity contribution in [3.63, 3.8) is 0 Å². The second-order valence-electron chi connectivity index (χ2n) is 7.20. The van der Waals surface area contributed by atoms with Crippen molar-refractivity contribution in [2.45, 2.75) is 75.4 Å². The van der Waals surface area contributed by atoms with Gasteiger partial charge in [0.15, 0.2) is 0 Å². The lowest BCUT2D eigenvalue weighted by molar-refractivity contribution is -0.143. The fourth-order valence-corrected chi connectivity index (χ4v) is 4.88. The molecule has 0 spiro atoms. The van der Waals surface area contributed by atoms with Crippen molar-refractivity contribution < 1.29 is 14.7 Å². The van der Waals surface area contributed by atoms with Crippen molar-refractivity contribution >= 4 is 23.6 Å². The quantitative estimate of drug-likeness (QED) is 0.469. The second-order valence-corrected chi connectivity index (χ2v) is 8.27. The topological polar surface area (TPSA) is 106 Å². The molecule has 0 aromatic carbocycles. The number of hydrogen-bond acceptors (Lipinski definition) is 7. The Kier molecular flexibility index (Phi) is 6.94. The van der Waals surface area contributed by atoms with Crippen molar-refractivity contribution in [2.24, 2.45) is 5.92 Å². The number of rotatable bonds is 6. The molecule has 1 heterocycles. The number of hydrogen-bond donors (Lipinski definition) is 5. The molecular formula is C16H29N5O3S. The number of nitrogens with one attached hydrogen (secondary N) is 4. The zero-order valence-corrected chi connectivity index (χ0v) is 15.3. The summed E-state index contributed by atoms with van der Waals surface area (Å²) in [6.45, 7) is 0. The zero-order valence-electron chi connectivity index (χ0n) is 14.5. The van der Waals surface area contributed by atoms with Gasteiger partial charge in [-0.1, -0.05) is 19.3 Å². The average Bonchev–Trinajstić information content (AvgIpc) is 3.09. The van der Waals surface area contributed by atoms with Crippen LogP contribution in [0, 0.1) is 5.92 Å². The van der Waals surface area contributed by atoms with Crippen LogP contribution in [0.5, 0.6) is 0 Å². The van der Waals surface area contributed by atoms with Crippen molar-refractivity contribution in [3.05, 3.63) is 0 Å². The number of carbonyl (C=O) groups is 2. The molecule has 0 bridgehead atoms. The van der Waals surface area contributed by atoms with E-state index in [1.807, 2.05) is 0 Å². The van der Waals surface area contributed by atoms with E-state index in [1.165, 1.54) is 19.3 Å². The van der Waals surface area contributed by atoms with E-state index in [0.29, 0.717) is 24.6 Å². The molecule has 3 fully saturated rings. The molecule has 9 heteroatoms. The normalized spacial score (nSPS) is 31.8. The summed E-state index contributed by atoms with van der Waals surface area (Å²) in [4.78, 5) is 23.3. The minimum Gasteiger partial charge on any atom is -0.481 e. The molecule has 0 radical (unpaired) electrons. The number of carboxylic acid groups (broad SMARTS) is 1. The Morgan fingerprint density at radius 2 is 1.80 bits per heavy atom. The van der Waals surface area contributed by atoms with E-state index in [4.69, 9.17) is 5.11 Å². The third kappa shape index (κ3) is 5.30. The van der Waals surface area contributed by atoms with Gasteiger partial charge in [0, 0.05) is 12.1 Å². The van der Waals surface area contributed by atoms with Gasteiger partial charge in [0.25, 0.3) is 0 Å². The van der Waals surface area contributed by atoms with Gasteiger partial charge in [-0.15, -0.1) is 11.8 Å². The van der Waals surface area contributed by atoms with E-state index >= 15 is 0 Å². The monoisotopic (exact) mass is 371 g/mol. The highest BCUT2D eigenvalue weighted by atomic mass is 32.2. The fourth-order valence-electron chi connectivity index (χ4n) is 3.96. The molecule has 25 heavy (non-hydrogen) atoms. The van der Waals surface area contributed by atoms with Gasteiger partial charge in [-0.25, -0.2) is 5.43 Å². The van der Waals surface area contributed by atoms with Crippen LogP contribution in [0.2, 0.25) is 0 Å². The Morgan fingerprint density at radius 1 is 1.08 bits per heavy atom. The number of carboxylic acids is 1.